The van der Waals surface area contributed by atoms with Gasteiger partial charge in [0.2, 0.25) is 0 Å². The molecule has 0 aliphatic heterocycles. The Morgan fingerprint density at radius 3 is 2.71 bits per heavy atom. The van der Waals surface area contributed by atoms with Crippen molar-refractivity contribution in [3.8, 4) is 0 Å². The highest BCUT2D eigenvalue weighted by Crippen LogP contribution is 1.59. The molecule has 0 bridgehead atoms. The van der Waals surface area contributed by atoms with Gasteiger partial charge in [0.05, 0.1) is 13.2 Å². The predicted octanol–water partition coefficient (Wildman–Crippen LogP) is -0.897. The maximum absolute atomic E-state index is 8.13. The van der Waals surface area contributed by atoms with Crippen molar-refractivity contribution >= 4 is 0 Å². The second kappa shape index (κ2) is 5.88. The first-order valence-electron chi connectivity index (χ1n) is 2.19. The van der Waals surface area contributed by atoms with E-state index < -0.39 is 0 Å². The minimum Gasteiger partial charge on any atom is -0.395 e. The van der Waals surface area contributed by atoms with Gasteiger partial charge in [0.25, 0.3) is 0 Å². The summed E-state index contributed by atoms with van der Waals surface area (Å²) in [6, 6.07) is 0. The van der Waals surface area contributed by atoms with Crippen molar-refractivity contribution in [2.45, 2.75) is 0 Å². The molecule has 3 heteroatoms. The number of rotatable bonds is 4. The summed E-state index contributed by atoms with van der Waals surface area (Å²) in [7, 11) is 0. The van der Waals surface area contributed by atoms with E-state index in [2.05, 4.69) is 5.32 Å². The molecule has 0 aliphatic carbocycles. The van der Waals surface area contributed by atoms with E-state index in [0.29, 0.717) is 13.1 Å². The van der Waals surface area contributed by atoms with Crippen LogP contribution in [0.1, 0.15) is 0 Å². The molecule has 7 heavy (non-hydrogen) atoms. The molecule has 0 unspecified atom stereocenters. The molecule has 3 nitrogen and oxygen atoms in total. The summed E-state index contributed by atoms with van der Waals surface area (Å²) in [4.78, 5) is 0. The van der Waals surface area contributed by atoms with Gasteiger partial charge in [-0.3, -0.25) is 0 Å². The Balaban J connectivity index is 2.45. The summed E-state index contributed by atoms with van der Waals surface area (Å²) in [5.74, 6) is 0. The van der Waals surface area contributed by atoms with Crippen LogP contribution in [0.4, 0.5) is 0 Å². The lowest BCUT2D eigenvalue weighted by Crippen LogP contribution is -2.19. The Bertz CT molecular complexity index is 28.9. The first-order valence-corrected chi connectivity index (χ1v) is 2.19. The molecular weight excluding hydrogens is 94.0 g/mol. The summed E-state index contributed by atoms with van der Waals surface area (Å²) < 4.78 is 0. The third kappa shape index (κ3) is 5.88. The molecule has 3 N–H and O–H groups in total. The average molecular weight is 104 g/mol. The fourth-order valence-electron chi connectivity index (χ4n) is 0.246. The summed E-state index contributed by atoms with van der Waals surface area (Å²) >= 11 is 0. The largest absolute Gasteiger partial charge is 0.395 e. The van der Waals surface area contributed by atoms with Gasteiger partial charge in [0.1, 0.15) is 0 Å². The van der Waals surface area contributed by atoms with Crippen molar-refractivity contribution in [3.05, 3.63) is 6.61 Å². The van der Waals surface area contributed by atoms with Crippen molar-refractivity contribution < 1.29 is 10.2 Å². The lowest BCUT2D eigenvalue weighted by molar-refractivity contribution is 0.288. The molecule has 0 saturated carbocycles. The molecular formula is C4H10NO2. The Kier molecular flexibility index (Phi) is 5.78. The van der Waals surface area contributed by atoms with Crippen LogP contribution in [-0.4, -0.2) is 29.9 Å². The molecule has 0 spiro atoms. The van der Waals surface area contributed by atoms with Crippen molar-refractivity contribution in [1.29, 1.82) is 0 Å². The molecule has 0 aliphatic rings. The second-order valence-corrected chi connectivity index (χ2v) is 1.11. The zero-order chi connectivity index (χ0) is 5.54. The van der Waals surface area contributed by atoms with Crippen LogP contribution < -0.4 is 5.32 Å². The first-order chi connectivity index (χ1) is 3.41. The van der Waals surface area contributed by atoms with E-state index in [0.717, 1.165) is 6.61 Å². The number of aliphatic hydroxyl groups excluding tert-OH is 2. The number of hydrogen-bond donors (Lipinski definition) is 3. The van der Waals surface area contributed by atoms with E-state index in [4.69, 9.17) is 10.2 Å². The van der Waals surface area contributed by atoms with E-state index >= 15 is 0 Å². The summed E-state index contributed by atoms with van der Waals surface area (Å²) in [5, 5.41) is 18.9. The molecule has 0 aromatic carbocycles. The Morgan fingerprint density at radius 1 is 1.57 bits per heavy atom. The van der Waals surface area contributed by atoms with Crippen LogP contribution in [0.2, 0.25) is 0 Å². The average Bonchev–Trinajstić information content (AvgIpc) is 1.69. The van der Waals surface area contributed by atoms with E-state index in [-0.39, 0.29) is 6.61 Å². The lowest BCUT2D eigenvalue weighted by atomic mass is 10.6. The topological polar surface area (TPSA) is 52.5 Å². The van der Waals surface area contributed by atoms with Gasteiger partial charge >= 0.3 is 0 Å². The molecule has 0 heterocycles. The lowest BCUT2D eigenvalue weighted by Gasteiger charge is -1.94. The Labute approximate surface area is 43.0 Å². The van der Waals surface area contributed by atoms with Gasteiger partial charge in [-0.25, -0.2) is 0 Å². The molecule has 1 radical (unpaired) electrons. The number of hydrogen-bond acceptors (Lipinski definition) is 3. The van der Waals surface area contributed by atoms with Crippen LogP contribution in [0, 0.1) is 6.61 Å². The fraction of sp³-hybridized carbons (Fsp3) is 0.750. The van der Waals surface area contributed by atoms with Crippen molar-refractivity contribution in [2.75, 3.05) is 19.7 Å². The normalized spacial score (nSPS) is 9.43. The van der Waals surface area contributed by atoms with Crippen LogP contribution in [0.3, 0.4) is 0 Å². The minimum absolute atomic E-state index is 0.119. The van der Waals surface area contributed by atoms with Gasteiger partial charge in [-0.1, -0.05) is 0 Å². The third-order valence-corrected chi connectivity index (χ3v) is 0.524. The fourth-order valence-corrected chi connectivity index (χ4v) is 0.246. The standard InChI is InChI=1S/C4H10NO2/c6-3-1-5-2-4-7/h3,5-7H,1-2,4H2. The van der Waals surface area contributed by atoms with Gasteiger partial charge < -0.3 is 15.5 Å². The number of nitrogens with one attached hydrogen (secondary N) is 1. The molecule has 0 rings (SSSR count). The molecule has 0 fully saturated rings. The van der Waals surface area contributed by atoms with Gasteiger partial charge in [-0.15, -0.1) is 0 Å². The van der Waals surface area contributed by atoms with Crippen LogP contribution in [0.15, 0.2) is 0 Å². The molecule has 0 saturated heterocycles. The first kappa shape index (κ1) is 6.88. The molecule has 0 aromatic rings. The summed E-state index contributed by atoms with van der Waals surface area (Å²) in [5.41, 5.74) is 0. The Hall–Kier alpha value is -0.120. The molecule has 0 atom stereocenters. The van der Waals surface area contributed by atoms with Crippen LogP contribution in [0.25, 0.3) is 0 Å². The monoisotopic (exact) mass is 104 g/mol. The van der Waals surface area contributed by atoms with Gasteiger partial charge in [0, 0.05) is 13.1 Å². The second-order valence-electron chi connectivity index (χ2n) is 1.11. The smallest absolute Gasteiger partial charge is 0.0935 e. The Morgan fingerprint density at radius 2 is 2.29 bits per heavy atom. The van der Waals surface area contributed by atoms with E-state index in [9.17, 15) is 0 Å². The number of aliphatic hydroxyl groups is 2. The zero-order valence-electron chi connectivity index (χ0n) is 4.09. The van der Waals surface area contributed by atoms with Crippen molar-refractivity contribution in [3.63, 3.8) is 0 Å². The predicted molar refractivity (Wildman–Crippen MR) is 26.2 cm³/mol. The quantitative estimate of drug-likeness (QED) is 0.405. The van der Waals surface area contributed by atoms with E-state index in [1.54, 1.807) is 0 Å². The van der Waals surface area contributed by atoms with Gasteiger partial charge in [-0.2, -0.15) is 0 Å². The van der Waals surface area contributed by atoms with E-state index in [1.165, 1.54) is 0 Å². The summed E-state index contributed by atoms with van der Waals surface area (Å²) in [6.45, 7) is 2.11. The third-order valence-electron chi connectivity index (χ3n) is 0.524. The molecule has 0 amide bonds. The van der Waals surface area contributed by atoms with Crippen LogP contribution in [-0.2, 0) is 0 Å². The van der Waals surface area contributed by atoms with Crippen LogP contribution in [0.5, 0.6) is 0 Å². The summed E-state index contributed by atoms with van der Waals surface area (Å²) in [6.07, 6.45) is 0. The highest BCUT2D eigenvalue weighted by Gasteiger charge is 1.78. The highest BCUT2D eigenvalue weighted by molar-refractivity contribution is 4.50. The van der Waals surface area contributed by atoms with Crippen molar-refractivity contribution in [2.24, 2.45) is 0 Å². The van der Waals surface area contributed by atoms with Gasteiger partial charge in [0.15, 0.2) is 0 Å². The van der Waals surface area contributed by atoms with Gasteiger partial charge in [-0.05, 0) is 0 Å². The van der Waals surface area contributed by atoms with Crippen LogP contribution >= 0.6 is 0 Å². The highest BCUT2D eigenvalue weighted by atomic mass is 16.3. The molecule has 0 aromatic heterocycles. The zero-order valence-corrected chi connectivity index (χ0v) is 4.09. The maximum atomic E-state index is 8.13. The maximum Gasteiger partial charge on any atom is 0.0935 e. The minimum atomic E-state index is 0.119. The van der Waals surface area contributed by atoms with E-state index in [1.807, 2.05) is 0 Å². The SMILES string of the molecule is O[CH]CNCCO. The van der Waals surface area contributed by atoms with Crippen molar-refractivity contribution in [1.82, 2.24) is 5.32 Å². The molecule has 43 valence electrons.